The zero-order chi connectivity index (χ0) is 11.6. The number of rotatable bonds is 5. The summed E-state index contributed by atoms with van der Waals surface area (Å²) in [5.41, 5.74) is 2.66. The van der Waals surface area contributed by atoms with Crippen LogP contribution >= 0.6 is 11.8 Å². The molecular formula is C11H24N4S. The van der Waals surface area contributed by atoms with Gasteiger partial charge in [-0.15, -0.1) is 0 Å². The molecule has 1 saturated carbocycles. The Labute approximate surface area is 103 Å². The summed E-state index contributed by atoms with van der Waals surface area (Å²) in [4.78, 5) is 4.43. The summed E-state index contributed by atoms with van der Waals surface area (Å²) in [5.74, 6) is 7.37. The Kier molecular flexibility index (Phi) is 7.42. The first kappa shape index (κ1) is 13.6. The van der Waals surface area contributed by atoms with E-state index in [0.717, 1.165) is 24.7 Å². The summed E-state index contributed by atoms with van der Waals surface area (Å²) >= 11 is 1.86. The van der Waals surface area contributed by atoms with Gasteiger partial charge in [0.1, 0.15) is 0 Å². The molecule has 1 aliphatic carbocycles. The predicted molar refractivity (Wildman–Crippen MR) is 72.6 cm³/mol. The molecule has 0 saturated heterocycles. The fourth-order valence-corrected chi connectivity index (χ4v) is 2.39. The van der Waals surface area contributed by atoms with Gasteiger partial charge < -0.3 is 5.32 Å². The van der Waals surface area contributed by atoms with Crippen molar-refractivity contribution in [3.8, 4) is 0 Å². The third-order valence-electron chi connectivity index (χ3n) is 2.86. The van der Waals surface area contributed by atoms with Gasteiger partial charge in [-0.1, -0.05) is 19.3 Å². The lowest BCUT2D eigenvalue weighted by Gasteiger charge is -2.24. The normalized spacial score (nSPS) is 18.5. The van der Waals surface area contributed by atoms with Crippen LogP contribution < -0.4 is 16.6 Å². The lowest BCUT2D eigenvalue weighted by molar-refractivity contribution is 0.410. The molecule has 0 aromatic heterocycles. The minimum Gasteiger partial charge on any atom is -0.353 e. The largest absolute Gasteiger partial charge is 0.353 e. The first-order valence-corrected chi connectivity index (χ1v) is 7.52. The van der Waals surface area contributed by atoms with Crippen LogP contribution in [0, 0.1) is 0 Å². The van der Waals surface area contributed by atoms with E-state index in [-0.39, 0.29) is 0 Å². The van der Waals surface area contributed by atoms with Gasteiger partial charge in [0.05, 0.1) is 0 Å². The molecule has 5 heteroatoms. The third kappa shape index (κ3) is 5.61. The molecule has 0 aromatic carbocycles. The van der Waals surface area contributed by atoms with Gasteiger partial charge in [-0.3, -0.25) is 10.4 Å². The van der Waals surface area contributed by atoms with Crippen LogP contribution in [0.15, 0.2) is 4.99 Å². The molecule has 16 heavy (non-hydrogen) atoms. The highest BCUT2D eigenvalue weighted by atomic mass is 32.2. The van der Waals surface area contributed by atoms with E-state index in [1.807, 2.05) is 11.8 Å². The smallest absolute Gasteiger partial charge is 0.205 e. The highest BCUT2D eigenvalue weighted by molar-refractivity contribution is 7.98. The lowest BCUT2D eigenvalue weighted by Crippen LogP contribution is -2.47. The highest BCUT2D eigenvalue weighted by Crippen LogP contribution is 2.17. The number of nitrogens with two attached hydrogens (primary N) is 1. The van der Waals surface area contributed by atoms with Gasteiger partial charge in [-0.25, -0.2) is 5.84 Å². The number of hydrogen-bond acceptors (Lipinski definition) is 3. The van der Waals surface area contributed by atoms with Gasteiger partial charge in [0.25, 0.3) is 0 Å². The van der Waals surface area contributed by atoms with Gasteiger partial charge in [0, 0.05) is 12.6 Å². The van der Waals surface area contributed by atoms with E-state index >= 15 is 0 Å². The van der Waals surface area contributed by atoms with E-state index in [0.29, 0.717) is 6.04 Å². The van der Waals surface area contributed by atoms with Crippen molar-refractivity contribution >= 4 is 17.7 Å². The van der Waals surface area contributed by atoms with E-state index in [4.69, 9.17) is 5.84 Å². The summed E-state index contributed by atoms with van der Waals surface area (Å²) in [7, 11) is 0. The Morgan fingerprint density at radius 2 is 2.12 bits per heavy atom. The second kappa shape index (κ2) is 8.70. The van der Waals surface area contributed by atoms with Gasteiger partial charge in [-0.2, -0.15) is 11.8 Å². The molecule has 94 valence electrons. The minimum atomic E-state index is 0.559. The van der Waals surface area contributed by atoms with E-state index in [2.05, 4.69) is 22.0 Å². The summed E-state index contributed by atoms with van der Waals surface area (Å²) in [6, 6.07) is 0.559. The summed E-state index contributed by atoms with van der Waals surface area (Å²) < 4.78 is 0. The van der Waals surface area contributed by atoms with Crippen molar-refractivity contribution in [2.24, 2.45) is 10.8 Å². The van der Waals surface area contributed by atoms with Gasteiger partial charge in [-0.05, 0) is 31.3 Å². The molecular weight excluding hydrogens is 220 g/mol. The quantitative estimate of drug-likeness (QED) is 0.225. The van der Waals surface area contributed by atoms with Crippen LogP contribution in [0.3, 0.4) is 0 Å². The van der Waals surface area contributed by atoms with E-state index < -0.39 is 0 Å². The van der Waals surface area contributed by atoms with Crippen LogP contribution in [0.25, 0.3) is 0 Å². The molecule has 0 atom stereocenters. The number of hydrazine groups is 1. The Balaban J connectivity index is 2.23. The molecule has 4 N–H and O–H groups in total. The summed E-state index contributed by atoms with van der Waals surface area (Å²) in [6.07, 6.45) is 9.72. The van der Waals surface area contributed by atoms with Crippen molar-refractivity contribution in [2.75, 3.05) is 18.6 Å². The fourth-order valence-electron chi connectivity index (χ4n) is 1.97. The van der Waals surface area contributed by atoms with E-state index in [1.54, 1.807) is 0 Å². The standard InChI is InChI=1S/C11H24N4S/c1-16-9-5-8-13-11(15-12)14-10-6-3-2-4-7-10/h10H,2-9,12H2,1H3,(H2,13,14,15). The number of hydrogen-bond donors (Lipinski definition) is 3. The maximum absolute atomic E-state index is 5.46. The molecule has 0 heterocycles. The van der Waals surface area contributed by atoms with Crippen LogP contribution in [-0.2, 0) is 0 Å². The molecule has 0 aliphatic heterocycles. The lowest BCUT2D eigenvalue weighted by atomic mass is 9.96. The maximum Gasteiger partial charge on any atom is 0.205 e. The fraction of sp³-hybridized carbons (Fsp3) is 0.909. The van der Waals surface area contributed by atoms with Crippen molar-refractivity contribution in [1.82, 2.24) is 10.7 Å². The highest BCUT2D eigenvalue weighted by Gasteiger charge is 2.13. The Morgan fingerprint density at radius 3 is 2.75 bits per heavy atom. The molecule has 0 amide bonds. The van der Waals surface area contributed by atoms with E-state index in [1.165, 1.54) is 32.1 Å². The number of aliphatic imine (C=N–C) groups is 1. The average molecular weight is 244 g/mol. The Morgan fingerprint density at radius 1 is 1.38 bits per heavy atom. The number of thioether (sulfide) groups is 1. The molecule has 0 aromatic rings. The zero-order valence-electron chi connectivity index (χ0n) is 10.2. The predicted octanol–water partition coefficient (Wildman–Crippen LogP) is 1.48. The zero-order valence-corrected chi connectivity index (χ0v) is 11.0. The molecule has 0 spiro atoms. The van der Waals surface area contributed by atoms with Crippen LogP contribution in [0.2, 0.25) is 0 Å². The molecule has 0 unspecified atom stereocenters. The first-order chi connectivity index (χ1) is 7.86. The van der Waals surface area contributed by atoms with Crippen molar-refractivity contribution in [2.45, 2.75) is 44.6 Å². The molecule has 0 radical (unpaired) electrons. The number of guanidine groups is 1. The first-order valence-electron chi connectivity index (χ1n) is 6.13. The SMILES string of the molecule is CSCCCN=C(NN)NC1CCCCC1. The minimum absolute atomic E-state index is 0.559. The molecule has 1 fully saturated rings. The van der Waals surface area contributed by atoms with Crippen molar-refractivity contribution in [3.63, 3.8) is 0 Å². The van der Waals surface area contributed by atoms with Gasteiger partial charge >= 0.3 is 0 Å². The molecule has 1 rings (SSSR count). The molecule has 0 bridgehead atoms. The van der Waals surface area contributed by atoms with Crippen LogP contribution in [0.1, 0.15) is 38.5 Å². The average Bonchev–Trinajstić information content (AvgIpc) is 2.34. The monoisotopic (exact) mass is 244 g/mol. The van der Waals surface area contributed by atoms with E-state index in [9.17, 15) is 0 Å². The molecule has 4 nitrogen and oxygen atoms in total. The summed E-state index contributed by atoms with van der Waals surface area (Å²) in [5, 5.41) is 3.39. The Bertz CT molecular complexity index is 202. The van der Waals surface area contributed by atoms with Crippen LogP contribution in [0.5, 0.6) is 0 Å². The maximum atomic E-state index is 5.46. The number of nitrogens with zero attached hydrogens (tertiary/aromatic N) is 1. The molecule has 1 aliphatic rings. The topological polar surface area (TPSA) is 62.4 Å². The summed E-state index contributed by atoms with van der Waals surface area (Å²) in [6.45, 7) is 0.847. The van der Waals surface area contributed by atoms with Crippen molar-refractivity contribution < 1.29 is 0 Å². The second-order valence-electron chi connectivity index (χ2n) is 4.20. The van der Waals surface area contributed by atoms with Crippen LogP contribution in [-0.4, -0.2) is 30.6 Å². The van der Waals surface area contributed by atoms with Crippen molar-refractivity contribution in [3.05, 3.63) is 0 Å². The van der Waals surface area contributed by atoms with Crippen molar-refractivity contribution in [1.29, 1.82) is 0 Å². The number of nitrogens with one attached hydrogen (secondary N) is 2. The Hall–Kier alpha value is -0.420. The second-order valence-corrected chi connectivity index (χ2v) is 5.19. The van der Waals surface area contributed by atoms with Gasteiger partial charge in [0.15, 0.2) is 0 Å². The van der Waals surface area contributed by atoms with Crippen LogP contribution in [0.4, 0.5) is 0 Å². The van der Waals surface area contributed by atoms with Gasteiger partial charge in [0.2, 0.25) is 5.96 Å². The third-order valence-corrected chi connectivity index (χ3v) is 3.56.